The van der Waals surface area contributed by atoms with Crippen LogP contribution in [0.5, 0.6) is 11.5 Å². The van der Waals surface area contributed by atoms with Gasteiger partial charge in [-0.1, -0.05) is 89.8 Å². The van der Waals surface area contributed by atoms with Crippen molar-refractivity contribution < 1.29 is 29.3 Å². The minimum atomic E-state index is -1.36. The summed E-state index contributed by atoms with van der Waals surface area (Å²) in [5.74, 6) is -0.866. The normalized spacial score (nSPS) is 15.9. The standard InChI is InChI=1S/C32H46O6S/c1-5-9-21-27(23-31(7-3,29(33)34)37-25-17-13-11-14-18-25)39-28(22-10-6-2)24-32(8-4,30(35)36)38-26-19-15-12-16-20-26/h11-20,27-28H,5-10,21-24H2,1-4H3,(H,33,34)(H,35,36). The van der Waals surface area contributed by atoms with Crippen molar-refractivity contribution in [2.45, 2.75) is 114 Å². The van der Waals surface area contributed by atoms with Crippen LogP contribution in [0.25, 0.3) is 0 Å². The third kappa shape index (κ3) is 9.79. The number of benzene rings is 2. The van der Waals surface area contributed by atoms with Gasteiger partial charge in [-0.25, -0.2) is 9.59 Å². The number of thioether (sulfide) groups is 1. The topological polar surface area (TPSA) is 93.1 Å². The first kappa shape index (κ1) is 32.5. The summed E-state index contributed by atoms with van der Waals surface area (Å²) in [6.45, 7) is 7.96. The lowest BCUT2D eigenvalue weighted by Gasteiger charge is -2.36. The maximum absolute atomic E-state index is 12.7. The molecule has 0 aromatic heterocycles. The van der Waals surface area contributed by atoms with Gasteiger partial charge in [-0.05, 0) is 49.9 Å². The van der Waals surface area contributed by atoms with Gasteiger partial charge in [0.1, 0.15) is 11.5 Å². The highest BCUT2D eigenvalue weighted by molar-refractivity contribution is 8.00. The average Bonchev–Trinajstić information content (AvgIpc) is 2.94. The van der Waals surface area contributed by atoms with Crippen LogP contribution in [-0.4, -0.2) is 43.9 Å². The second-order valence-electron chi connectivity index (χ2n) is 10.2. The monoisotopic (exact) mass is 558 g/mol. The number of para-hydroxylation sites is 2. The Bertz CT molecular complexity index is 905. The van der Waals surface area contributed by atoms with Crippen molar-refractivity contribution in [2.24, 2.45) is 0 Å². The SMILES string of the molecule is CCCCC(CC(CC)(Oc1ccccc1)C(=O)O)SC(CCCC)CC(CC)(Oc1ccccc1)C(=O)O. The number of rotatable bonds is 20. The summed E-state index contributed by atoms with van der Waals surface area (Å²) < 4.78 is 12.4. The predicted octanol–water partition coefficient (Wildman–Crippen LogP) is 8.24. The molecule has 0 aliphatic rings. The van der Waals surface area contributed by atoms with Gasteiger partial charge in [0.2, 0.25) is 11.2 Å². The molecule has 0 spiro atoms. The smallest absolute Gasteiger partial charge is 0.348 e. The number of hydrogen-bond donors (Lipinski definition) is 2. The van der Waals surface area contributed by atoms with Crippen molar-refractivity contribution >= 4 is 23.7 Å². The molecule has 0 saturated carbocycles. The zero-order valence-corrected chi connectivity index (χ0v) is 24.8. The van der Waals surface area contributed by atoms with E-state index in [2.05, 4.69) is 13.8 Å². The number of hydrogen-bond acceptors (Lipinski definition) is 5. The van der Waals surface area contributed by atoms with E-state index in [1.165, 1.54) is 0 Å². The lowest BCUT2D eigenvalue weighted by atomic mass is 9.91. The predicted molar refractivity (Wildman–Crippen MR) is 159 cm³/mol. The zero-order valence-electron chi connectivity index (χ0n) is 23.9. The van der Waals surface area contributed by atoms with E-state index in [0.717, 1.165) is 38.5 Å². The van der Waals surface area contributed by atoms with Gasteiger partial charge in [-0.15, -0.1) is 0 Å². The van der Waals surface area contributed by atoms with E-state index >= 15 is 0 Å². The highest BCUT2D eigenvalue weighted by Crippen LogP contribution is 2.40. The number of carboxylic acids is 2. The first-order valence-electron chi connectivity index (χ1n) is 14.3. The van der Waals surface area contributed by atoms with Gasteiger partial charge in [-0.3, -0.25) is 0 Å². The Balaban J connectivity index is 2.36. The van der Waals surface area contributed by atoms with Crippen molar-refractivity contribution in [3.63, 3.8) is 0 Å². The number of unbranched alkanes of at least 4 members (excludes halogenated alkanes) is 2. The Morgan fingerprint density at radius 2 is 1.05 bits per heavy atom. The molecule has 2 aromatic carbocycles. The van der Waals surface area contributed by atoms with Gasteiger partial charge in [-0.2, -0.15) is 11.8 Å². The molecule has 2 aromatic rings. The van der Waals surface area contributed by atoms with Gasteiger partial charge in [0.05, 0.1) is 0 Å². The molecule has 2 N–H and O–H groups in total. The second-order valence-corrected chi connectivity index (χ2v) is 11.8. The molecular formula is C32H46O6S. The van der Waals surface area contributed by atoms with Gasteiger partial charge in [0, 0.05) is 23.3 Å². The lowest BCUT2D eigenvalue weighted by Crippen LogP contribution is -2.48. The Morgan fingerprint density at radius 3 is 1.33 bits per heavy atom. The average molecular weight is 559 g/mol. The van der Waals surface area contributed by atoms with Crippen LogP contribution in [0.2, 0.25) is 0 Å². The molecule has 0 aliphatic carbocycles. The minimum Gasteiger partial charge on any atom is -0.478 e. The van der Waals surface area contributed by atoms with Crippen LogP contribution in [0.3, 0.4) is 0 Å². The summed E-state index contributed by atoms with van der Waals surface area (Å²) in [5.41, 5.74) is -2.73. The Morgan fingerprint density at radius 1 is 0.692 bits per heavy atom. The van der Waals surface area contributed by atoms with Crippen molar-refractivity contribution in [1.29, 1.82) is 0 Å². The maximum Gasteiger partial charge on any atom is 0.348 e. The van der Waals surface area contributed by atoms with E-state index in [1.807, 2.05) is 50.2 Å². The molecule has 0 bridgehead atoms. The third-order valence-corrected chi connectivity index (χ3v) is 8.87. The first-order valence-corrected chi connectivity index (χ1v) is 15.3. The molecule has 39 heavy (non-hydrogen) atoms. The largest absolute Gasteiger partial charge is 0.478 e. The van der Waals surface area contributed by atoms with E-state index in [9.17, 15) is 19.8 Å². The van der Waals surface area contributed by atoms with E-state index in [-0.39, 0.29) is 10.5 Å². The maximum atomic E-state index is 12.7. The van der Waals surface area contributed by atoms with Gasteiger partial charge >= 0.3 is 11.9 Å². The fourth-order valence-corrected chi connectivity index (χ4v) is 6.70. The Kier molecular flexibility index (Phi) is 13.7. The fourth-order valence-electron chi connectivity index (χ4n) is 4.82. The summed E-state index contributed by atoms with van der Waals surface area (Å²) in [6, 6.07) is 18.2. The van der Waals surface area contributed by atoms with Crippen molar-refractivity contribution in [3.05, 3.63) is 60.7 Å². The van der Waals surface area contributed by atoms with E-state index < -0.39 is 23.1 Å². The molecule has 7 heteroatoms. The number of carbonyl (C=O) groups is 2. The molecule has 0 radical (unpaired) electrons. The fraction of sp³-hybridized carbons (Fsp3) is 0.562. The third-order valence-electron chi connectivity index (χ3n) is 7.29. The molecule has 0 fully saturated rings. The molecule has 0 heterocycles. The highest BCUT2D eigenvalue weighted by Gasteiger charge is 2.45. The molecule has 2 rings (SSSR count). The molecule has 216 valence electrons. The molecule has 0 saturated heterocycles. The molecule has 4 atom stereocenters. The summed E-state index contributed by atoms with van der Waals surface area (Å²) in [5, 5.41) is 20.7. The highest BCUT2D eigenvalue weighted by atomic mass is 32.2. The summed E-state index contributed by atoms with van der Waals surface area (Å²) in [6.07, 6.45) is 6.91. The quantitative estimate of drug-likeness (QED) is 0.169. The van der Waals surface area contributed by atoms with E-state index in [0.29, 0.717) is 37.2 Å². The Hall–Kier alpha value is -2.67. The van der Waals surface area contributed by atoms with Crippen LogP contribution >= 0.6 is 11.8 Å². The van der Waals surface area contributed by atoms with Crippen LogP contribution < -0.4 is 9.47 Å². The minimum absolute atomic E-state index is 0.00774. The van der Waals surface area contributed by atoms with E-state index in [4.69, 9.17) is 9.47 Å². The van der Waals surface area contributed by atoms with Crippen molar-refractivity contribution in [1.82, 2.24) is 0 Å². The number of aliphatic carboxylic acids is 2. The van der Waals surface area contributed by atoms with Crippen molar-refractivity contribution in [3.8, 4) is 11.5 Å². The van der Waals surface area contributed by atoms with Gasteiger partial charge < -0.3 is 19.7 Å². The van der Waals surface area contributed by atoms with Crippen LogP contribution in [0, 0.1) is 0 Å². The number of ether oxygens (including phenoxy) is 2. The molecule has 0 aliphatic heterocycles. The number of carboxylic acid groups (broad SMARTS) is 2. The first-order chi connectivity index (χ1) is 18.7. The van der Waals surface area contributed by atoms with Crippen LogP contribution in [0.4, 0.5) is 0 Å². The second kappa shape index (κ2) is 16.4. The lowest BCUT2D eigenvalue weighted by molar-refractivity contribution is -0.157. The molecule has 0 amide bonds. The summed E-state index contributed by atoms with van der Waals surface area (Å²) in [4.78, 5) is 25.3. The summed E-state index contributed by atoms with van der Waals surface area (Å²) >= 11 is 1.72. The van der Waals surface area contributed by atoms with Crippen LogP contribution in [0.15, 0.2) is 60.7 Å². The molecular weight excluding hydrogens is 512 g/mol. The molecule has 6 nitrogen and oxygen atoms in total. The van der Waals surface area contributed by atoms with Gasteiger partial charge in [0.15, 0.2) is 0 Å². The Labute approximate surface area is 238 Å². The zero-order chi connectivity index (χ0) is 28.7. The summed E-state index contributed by atoms with van der Waals surface area (Å²) in [7, 11) is 0. The van der Waals surface area contributed by atoms with Crippen molar-refractivity contribution in [2.75, 3.05) is 0 Å². The van der Waals surface area contributed by atoms with Crippen LogP contribution in [-0.2, 0) is 9.59 Å². The molecule has 4 unspecified atom stereocenters. The van der Waals surface area contributed by atoms with Crippen LogP contribution in [0.1, 0.15) is 91.9 Å². The van der Waals surface area contributed by atoms with E-state index in [1.54, 1.807) is 36.0 Å². The van der Waals surface area contributed by atoms with Gasteiger partial charge in [0.25, 0.3) is 0 Å².